The summed E-state index contributed by atoms with van der Waals surface area (Å²) in [5, 5.41) is 17.1. The second-order valence-electron chi connectivity index (χ2n) is 5.80. The number of rotatable bonds is 4. The van der Waals surface area contributed by atoms with Crippen molar-refractivity contribution in [2.24, 2.45) is 7.05 Å². The van der Waals surface area contributed by atoms with Crippen LogP contribution < -0.4 is 0 Å². The van der Waals surface area contributed by atoms with Crippen molar-refractivity contribution in [2.45, 2.75) is 6.17 Å². The van der Waals surface area contributed by atoms with Crippen LogP contribution in [0.2, 0.25) is 0 Å². The summed E-state index contributed by atoms with van der Waals surface area (Å²) in [6, 6.07) is 9.45. The van der Waals surface area contributed by atoms with Gasteiger partial charge in [0.25, 0.3) is 0 Å². The van der Waals surface area contributed by atoms with Crippen LogP contribution in [0.3, 0.4) is 0 Å². The summed E-state index contributed by atoms with van der Waals surface area (Å²) < 4.78 is 22.0. The molecule has 1 atom stereocenters. The van der Waals surface area contributed by atoms with Crippen LogP contribution >= 0.6 is 0 Å². The minimum absolute atomic E-state index is 0.129. The highest BCUT2D eigenvalue weighted by molar-refractivity contribution is 5.90. The van der Waals surface area contributed by atoms with E-state index in [1.165, 1.54) is 18.4 Å². The van der Waals surface area contributed by atoms with Crippen molar-refractivity contribution in [3.05, 3.63) is 65.7 Å². The lowest BCUT2D eigenvalue weighted by atomic mass is 10.00. The number of hydrogen-bond acceptors (Lipinski definition) is 5. The Morgan fingerprint density at radius 3 is 2.69 bits per heavy atom. The first-order valence-corrected chi connectivity index (χ1v) is 7.75. The molecule has 3 aromatic heterocycles. The molecular formula is C18H13FN4O3. The smallest absolute Gasteiger partial charge is 0.354 e. The Hall–Kier alpha value is -3.55. The maximum absolute atomic E-state index is 15.1. The van der Waals surface area contributed by atoms with Crippen molar-refractivity contribution < 1.29 is 18.7 Å². The number of carboxylic acid groups (broad SMARTS) is 1. The number of furan rings is 1. The maximum Gasteiger partial charge on any atom is 0.354 e. The van der Waals surface area contributed by atoms with E-state index in [0.717, 1.165) is 5.56 Å². The number of hydrogen-bond donors (Lipinski definition) is 1. The number of carboxylic acids is 1. The quantitative estimate of drug-likeness (QED) is 0.605. The predicted molar refractivity (Wildman–Crippen MR) is 90.4 cm³/mol. The highest BCUT2D eigenvalue weighted by atomic mass is 19.1. The lowest BCUT2D eigenvalue weighted by Gasteiger charge is -2.11. The first-order chi connectivity index (χ1) is 12.5. The minimum atomic E-state index is -1.55. The van der Waals surface area contributed by atoms with Gasteiger partial charge in [-0.05, 0) is 11.6 Å². The Bertz CT molecular complexity index is 1100. The van der Waals surface area contributed by atoms with Crippen molar-refractivity contribution in [3.8, 4) is 11.3 Å². The summed E-state index contributed by atoms with van der Waals surface area (Å²) in [6.45, 7) is 0. The van der Waals surface area contributed by atoms with Crippen LogP contribution in [0.15, 0.2) is 53.3 Å². The average molecular weight is 352 g/mol. The van der Waals surface area contributed by atoms with Crippen LogP contribution in [-0.2, 0) is 7.05 Å². The van der Waals surface area contributed by atoms with E-state index in [1.54, 1.807) is 42.2 Å². The van der Waals surface area contributed by atoms with E-state index in [4.69, 9.17) is 4.42 Å². The molecule has 0 bridgehead atoms. The van der Waals surface area contributed by atoms with Gasteiger partial charge in [-0.25, -0.2) is 14.2 Å². The summed E-state index contributed by atoms with van der Waals surface area (Å²) in [5.74, 6) is -1.22. The van der Waals surface area contributed by atoms with Crippen molar-refractivity contribution in [2.75, 3.05) is 0 Å². The molecule has 4 rings (SSSR count). The number of aryl methyl sites for hydroxylation is 1. The second kappa shape index (κ2) is 6.07. The van der Waals surface area contributed by atoms with E-state index in [1.807, 2.05) is 0 Å². The number of fused-ring (bicyclic) bond motifs is 1. The van der Waals surface area contributed by atoms with Crippen LogP contribution in [0.1, 0.15) is 27.8 Å². The van der Waals surface area contributed by atoms with Crippen molar-refractivity contribution in [1.29, 1.82) is 0 Å². The Morgan fingerprint density at radius 1 is 1.27 bits per heavy atom. The number of halogens is 1. The summed E-state index contributed by atoms with van der Waals surface area (Å²) in [7, 11) is 1.76. The summed E-state index contributed by atoms with van der Waals surface area (Å²) >= 11 is 0. The van der Waals surface area contributed by atoms with E-state index in [-0.39, 0.29) is 16.8 Å². The van der Waals surface area contributed by atoms with E-state index in [2.05, 4.69) is 15.3 Å². The lowest BCUT2D eigenvalue weighted by molar-refractivity contribution is 0.0690. The van der Waals surface area contributed by atoms with Gasteiger partial charge in [0, 0.05) is 24.2 Å². The molecule has 0 aliphatic heterocycles. The highest BCUT2D eigenvalue weighted by Crippen LogP contribution is 2.33. The fourth-order valence-corrected chi connectivity index (χ4v) is 2.76. The Labute approximate surface area is 146 Å². The molecule has 8 heteroatoms. The highest BCUT2D eigenvalue weighted by Gasteiger charge is 2.21. The molecule has 0 saturated heterocycles. The number of pyridine rings is 1. The number of aromatic carboxylic acids is 1. The van der Waals surface area contributed by atoms with Crippen molar-refractivity contribution >= 4 is 17.1 Å². The summed E-state index contributed by atoms with van der Waals surface area (Å²) in [5.41, 5.74) is 2.30. The molecule has 4 aromatic rings. The van der Waals surface area contributed by atoms with Crippen LogP contribution in [-0.4, -0.2) is 31.1 Å². The predicted octanol–water partition coefficient (Wildman–Crippen LogP) is 3.38. The Morgan fingerprint density at radius 2 is 2.04 bits per heavy atom. The van der Waals surface area contributed by atoms with Crippen LogP contribution in [0, 0.1) is 0 Å². The number of benzene rings is 1. The average Bonchev–Trinajstić information content (AvgIpc) is 3.29. The van der Waals surface area contributed by atoms with E-state index in [0.29, 0.717) is 16.8 Å². The molecule has 3 heterocycles. The molecule has 26 heavy (non-hydrogen) atoms. The van der Waals surface area contributed by atoms with Gasteiger partial charge in [0.15, 0.2) is 11.8 Å². The zero-order valence-corrected chi connectivity index (χ0v) is 13.6. The number of carbonyl (C=O) groups is 1. The van der Waals surface area contributed by atoms with Crippen LogP contribution in [0.25, 0.3) is 22.4 Å². The molecule has 130 valence electrons. The van der Waals surface area contributed by atoms with Gasteiger partial charge in [-0.2, -0.15) is 0 Å². The molecule has 7 nitrogen and oxygen atoms in total. The van der Waals surface area contributed by atoms with Crippen molar-refractivity contribution in [3.63, 3.8) is 0 Å². The molecular weight excluding hydrogens is 339 g/mol. The third kappa shape index (κ3) is 2.71. The summed E-state index contributed by atoms with van der Waals surface area (Å²) in [4.78, 5) is 15.2. The van der Waals surface area contributed by atoms with Gasteiger partial charge >= 0.3 is 5.97 Å². The third-order valence-corrected chi connectivity index (χ3v) is 4.03. The van der Waals surface area contributed by atoms with E-state index in [9.17, 15) is 9.90 Å². The standard InChI is InChI=1S/C18H13FN4O3/c1-23-9-15(21-22-23)10-2-4-11(5-3-10)16(19)12-8-14(18(24)25)20-13-6-7-26-17(12)13/h2-9,16H,1H3,(H,24,25). The molecule has 1 N–H and O–H groups in total. The zero-order valence-electron chi connectivity index (χ0n) is 13.6. The fraction of sp³-hybridized carbons (Fsp3) is 0.111. The molecule has 1 unspecified atom stereocenters. The van der Waals surface area contributed by atoms with Crippen molar-refractivity contribution in [1.82, 2.24) is 20.0 Å². The maximum atomic E-state index is 15.1. The molecule has 0 saturated carbocycles. The molecule has 0 amide bonds. The number of nitrogens with zero attached hydrogens (tertiary/aromatic N) is 4. The second-order valence-corrected chi connectivity index (χ2v) is 5.80. The SMILES string of the molecule is Cn1cc(-c2ccc(C(F)c3cc(C(=O)O)nc4ccoc34)cc2)nn1. The van der Waals surface area contributed by atoms with Gasteiger partial charge in [0.05, 0.1) is 12.5 Å². The van der Waals surface area contributed by atoms with Gasteiger partial charge < -0.3 is 9.52 Å². The third-order valence-electron chi connectivity index (χ3n) is 4.03. The Balaban J connectivity index is 1.73. The first kappa shape index (κ1) is 15.9. The van der Waals surface area contributed by atoms with Crippen LogP contribution in [0.4, 0.5) is 4.39 Å². The monoisotopic (exact) mass is 352 g/mol. The normalized spacial score (nSPS) is 12.4. The van der Waals surface area contributed by atoms with Gasteiger partial charge in [0.2, 0.25) is 0 Å². The Kier molecular flexibility index (Phi) is 3.72. The molecule has 0 radical (unpaired) electrons. The minimum Gasteiger partial charge on any atom is -0.477 e. The molecule has 0 aliphatic rings. The van der Waals surface area contributed by atoms with E-state index < -0.39 is 12.1 Å². The molecule has 1 aromatic carbocycles. The largest absolute Gasteiger partial charge is 0.477 e. The van der Waals surface area contributed by atoms with Gasteiger partial charge in [0.1, 0.15) is 16.9 Å². The molecule has 0 aliphatic carbocycles. The van der Waals surface area contributed by atoms with Crippen LogP contribution in [0.5, 0.6) is 0 Å². The topological polar surface area (TPSA) is 94.0 Å². The fourth-order valence-electron chi connectivity index (χ4n) is 2.76. The zero-order chi connectivity index (χ0) is 18.3. The lowest BCUT2D eigenvalue weighted by Crippen LogP contribution is -2.04. The number of alkyl halides is 1. The number of aromatic nitrogens is 4. The summed E-state index contributed by atoms with van der Waals surface area (Å²) in [6.07, 6.45) is 1.56. The molecule has 0 spiro atoms. The van der Waals surface area contributed by atoms with E-state index >= 15 is 4.39 Å². The van der Waals surface area contributed by atoms with Gasteiger partial charge in [-0.1, -0.05) is 29.5 Å². The van der Waals surface area contributed by atoms with Gasteiger partial charge in [-0.3, -0.25) is 4.68 Å². The van der Waals surface area contributed by atoms with Gasteiger partial charge in [-0.15, -0.1) is 5.10 Å². The molecule has 0 fully saturated rings. The first-order valence-electron chi connectivity index (χ1n) is 7.75.